The molecule has 156 valence electrons. The topological polar surface area (TPSA) is 106 Å². The third-order valence-corrected chi connectivity index (χ3v) is 6.50. The van der Waals surface area contributed by atoms with E-state index in [0.717, 1.165) is 5.76 Å². The Hall–Kier alpha value is -3.11. The summed E-state index contributed by atoms with van der Waals surface area (Å²) >= 11 is 1.36. The zero-order valence-electron chi connectivity index (χ0n) is 16.2. The van der Waals surface area contributed by atoms with Crippen molar-refractivity contribution < 1.29 is 23.5 Å². The van der Waals surface area contributed by atoms with Crippen molar-refractivity contribution in [2.24, 2.45) is 5.92 Å². The molecule has 5 heterocycles. The maximum Gasteiger partial charge on any atom is 0.308 e. The standard InChI is InChI=1S/C20H20N4O5S/c1-27-19(26)12-6-8-23(9-7-12)15(13-4-2-10-28-13)16-18(25)24-20(30-16)21-17(22-24)14-5-3-11-29-14/h2-5,10-12,15,25H,6-9H2,1H3/t15-/m1/s1. The van der Waals surface area contributed by atoms with Crippen LogP contribution in [0.15, 0.2) is 45.6 Å². The molecule has 10 heteroatoms. The van der Waals surface area contributed by atoms with E-state index < -0.39 is 0 Å². The highest BCUT2D eigenvalue weighted by atomic mass is 32.1. The van der Waals surface area contributed by atoms with E-state index >= 15 is 0 Å². The van der Waals surface area contributed by atoms with Gasteiger partial charge in [0.05, 0.1) is 30.4 Å². The van der Waals surface area contributed by atoms with Gasteiger partial charge in [-0.25, -0.2) is 0 Å². The highest BCUT2D eigenvalue weighted by molar-refractivity contribution is 7.17. The Morgan fingerprint density at radius 3 is 2.67 bits per heavy atom. The Labute approximate surface area is 175 Å². The summed E-state index contributed by atoms with van der Waals surface area (Å²) in [4.78, 5) is 19.8. The van der Waals surface area contributed by atoms with Crippen LogP contribution in [-0.2, 0) is 9.53 Å². The summed E-state index contributed by atoms with van der Waals surface area (Å²) in [5, 5.41) is 15.4. The summed E-state index contributed by atoms with van der Waals surface area (Å²) in [7, 11) is 1.42. The van der Waals surface area contributed by atoms with Crippen LogP contribution in [0.2, 0.25) is 0 Å². The predicted octanol–water partition coefficient (Wildman–Crippen LogP) is 3.32. The first-order valence-electron chi connectivity index (χ1n) is 9.63. The third kappa shape index (κ3) is 3.17. The van der Waals surface area contributed by atoms with E-state index in [4.69, 9.17) is 13.6 Å². The van der Waals surface area contributed by atoms with Crippen molar-refractivity contribution in [2.75, 3.05) is 20.2 Å². The highest BCUT2D eigenvalue weighted by Gasteiger charge is 2.35. The fourth-order valence-corrected chi connectivity index (χ4v) is 5.02. The molecule has 1 aliphatic rings. The molecule has 9 nitrogen and oxygen atoms in total. The molecule has 0 unspecified atom stereocenters. The summed E-state index contributed by atoms with van der Waals surface area (Å²) < 4.78 is 17.4. The number of furan rings is 2. The molecular formula is C20H20N4O5S. The number of hydrogen-bond donors (Lipinski definition) is 1. The molecule has 5 rings (SSSR count). The number of ether oxygens (including phenoxy) is 1. The van der Waals surface area contributed by atoms with Gasteiger partial charge in [-0.05, 0) is 37.1 Å². The molecule has 1 aliphatic heterocycles. The van der Waals surface area contributed by atoms with E-state index in [9.17, 15) is 9.90 Å². The number of methoxy groups -OCH3 is 1. The van der Waals surface area contributed by atoms with Gasteiger partial charge in [-0.1, -0.05) is 11.3 Å². The second-order valence-electron chi connectivity index (χ2n) is 7.15. The Morgan fingerprint density at radius 2 is 2.03 bits per heavy atom. The quantitative estimate of drug-likeness (QED) is 0.483. The lowest BCUT2D eigenvalue weighted by atomic mass is 9.95. The molecule has 30 heavy (non-hydrogen) atoms. The lowest BCUT2D eigenvalue weighted by molar-refractivity contribution is -0.147. The summed E-state index contributed by atoms with van der Waals surface area (Å²) in [5.41, 5.74) is 0. The zero-order valence-corrected chi connectivity index (χ0v) is 17.0. The van der Waals surface area contributed by atoms with E-state index in [-0.39, 0.29) is 23.8 Å². The number of hydrogen-bond acceptors (Lipinski definition) is 9. The second kappa shape index (κ2) is 7.62. The first-order valence-corrected chi connectivity index (χ1v) is 10.4. The maximum atomic E-state index is 11.9. The van der Waals surface area contributed by atoms with Crippen molar-refractivity contribution in [3.63, 3.8) is 0 Å². The van der Waals surface area contributed by atoms with Crippen molar-refractivity contribution in [3.8, 4) is 17.5 Å². The van der Waals surface area contributed by atoms with E-state index in [1.54, 1.807) is 24.7 Å². The number of aromatic nitrogens is 3. The first-order chi connectivity index (χ1) is 14.7. The van der Waals surface area contributed by atoms with Crippen molar-refractivity contribution in [2.45, 2.75) is 18.9 Å². The van der Waals surface area contributed by atoms with Gasteiger partial charge in [-0.2, -0.15) is 9.50 Å². The largest absolute Gasteiger partial charge is 0.492 e. The maximum absolute atomic E-state index is 11.9. The summed E-state index contributed by atoms with van der Waals surface area (Å²) in [6.45, 7) is 1.35. The minimum absolute atomic E-state index is 0.0248. The molecule has 0 bridgehead atoms. The van der Waals surface area contributed by atoms with Gasteiger partial charge in [-0.3, -0.25) is 9.69 Å². The molecule has 1 atom stereocenters. The van der Waals surface area contributed by atoms with Crippen LogP contribution >= 0.6 is 11.3 Å². The predicted molar refractivity (Wildman–Crippen MR) is 107 cm³/mol. The number of esters is 1. The van der Waals surface area contributed by atoms with Crippen LogP contribution in [0, 0.1) is 5.92 Å². The third-order valence-electron chi connectivity index (χ3n) is 5.43. The van der Waals surface area contributed by atoms with E-state index in [1.807, 2.05) is 12.1 Å². The molecular weight excluding hydrogens is 408 g/mol. The van der Waals surface area contributed by atoms with Crippen LogP contribution in [0.4, 0.5) is 0 Å². The van der Waals surface area contributed by atoms with E-state index in [2.05, 4.69) is 15.0 Å². The summed E-state index contributed by atoms with van der Waals surface area (Å²) in [5.74, 6) is 1.43. The van der Waals surface area contributed by atoms with Gasteiger partial charge in [0.25, 0.3) is 0 Å². The minimum atomic E-state index is -0.292. The Morgan fingerprint density at radius 1 is 1.27 bits per heavy atom. The molecule has 0 radical (unpaired) electrons. The number of nitrogens with zero attached hydrogens (tertiary/aromatic N) is 4. The normalized spacial score (nSPS) is 16.8. The molecule has 1 N–H and O–H groups in total. The lowest BCUT2D eigenvalue weighted by Gasteiger charge is -2.35. The number of piperidine rings is 1. The molecule has 0 spiro atoms. The van der Waals surface area contributed by atoms with Gasteiger partial charge < -0.3 is 18.7 Å². The average molecular weight is 428 g/mol. The average Bonchev–Trinajstić information content (AvgIpc) is 3.56. The molecule has 0 aliphatic carbocycles. The van der Waals surface area contributed by atoms with Crippen molar-refractivity contribution in [1.82, 2.24) is 19.5 Å². The number of carbonyl (C=O) groups is 1. The fourth-order valence-electron chi connectivity index (χ4n) is 3.92. The van der Waals surface area contributed by atoms with Gasteiger partial charge in [0.15, 0.2) is 5.76 Å². The zero-order chi connectivity index (χ0) is 20.7. The number of likely N-dealkylation sites (tertiary alicyclic amines) is 1. The summed E-state index contributed by atoms with van der Waals surface area (Å²) in [6.07, 6.45) is 4.55. The number of rotatable bonds is 5. The number of thiazole rings is 1. The molecule has 4 aromatic heterocycles. The fraction of sp³-hybridized carbons (Fsp3) is 0.350. The lowest BCUT2D eigenvalue weighted by Crippen LogP contribution is -2.39. The molecule has 0 amide bonds. The number of fused-ring (bicyclic) bond motifs is 1. The number of carbonyl (C=O) groups excluding carboxylic acids is 1. The monoisotopic (exact) mass is 428 g/mol. The van der Waals surface area contributed by atoms with E-state index in [0.29, 0.717) is 47.4 Å². The van der Waals surface area contributed by atoms with Crippen LogP contribution in [-0.4, -0.2) is 50.8 Å². The van der Waals surface area contributed by atoms with Gasteiger partial charge >= 0.3 is 5.97 Å². The Bertz CT molecular complexity index is 1140. The van der Waals surface area contributed by atoms with Crippen LogP contribution in [0.3, 0.4) is 0 Å². The van der Waals surface area contributed by atoms with Crippen LogP contribution in [0.1, 0.15) is 29.5 Å². The van der Waals surface area contributed by atoms with Gasteiger partial charge in [-0.15, -0.1) is 5.10 Å². The molecule has 1 saturated heterocycles. The van der Waals surface area contributed by atoms with Crippen molar-refractivity contribution >= 4 is 22.3 Å². The van der Waals surface area contributed by atoms with E-state index in [1.165, 1.54) is 23.0 Å². The molecule has 0 saturated carbocycles. The van der Waals surface area contributed by atoms with Gasteiger partial charge in [0.1, 0.15) is 11.8 Å². The molecule has 0 aromatic carbocycles. The SMILES string of the molecule is COC(=O)C1CCN([C@H](c2ccco2)c2sc3nc(-c4ccco4)nn3c2O)CC1. The highest BCUT2D eigenvalue weighted by Crippen LogP contribution is 2.42. The van der Waals surface area contributed by atoms with Crippen LogP contribution in [0.5, 0.6) is 5.88 Å². The smallest absolute Gasteiger partial charge is 0.308 e. The molecule has 1 fully saturated rings. The van der Waals surface area contributed by atoms with Crippen LogP contribution in [0.25, 0.3) is 16.5 Å². The minimum Gasteiger partial charge on any atom is -0.492 e. The Balaban J connectivity index is 1.48. The molecule has 4 aromatic rings. The second-order valence-corrected chi connectivity index (χ2v) is 8.16. The van der Waals surface area contributed by atoms with Crippen molar-refractivity contribution in [3.05, 3.63) is 47.4 Å². The Kier molecular flexibility index (Phi) is 4.80. The van der Waals surface area contributed by atoms with Gasteiger partial charge in [0, 0.05) is 13.1 Å². The number of aromatic hydroxyl groups is 1. The first kappa shape index (κ1) is 18.9. The van der Waals surface area contributed by atoms with Gasteiger partial charge in [0.2, 0.25) is 16.7 Å². The van der Waals surface area contributed by atoms with Crippen molar-refractivity contribution in [1.29, 1.82) is 0 Å². The van der Waals surface area contributed by atoms with Crippen LogP contribution < -0.4 is 0 Å². The summed E-state index contributed by atoms with van der Waals surface area (Å²) in [6, 6.07) is 6.96.